The Balaban J connectivity index is 2.67. The van der Waals surface area contributed by atoms with Crippen molar-refractivity contribution in [1.29, 1.82) is 0 Å². The van der Waals surface area contributed by atoms with Crippen LogP contribution in [0.4, 0.5) is 0 Å². The molecule has 3 heteroatoms. The highest BCUT2D eigenvalue weighted by Gasteiger charge is 2.14. The van der Waals surface area contributed by atoms with Gasteiger partial charge in [0.05, 0.1) is 0 Å². The molecule has 0 aliphatic carbocycles. The summed E-state index contributed by atoms with van der Waals surface area (Å²) in [6.07, 6.45) is -0.189. The van der Waals surface area contributed by atoms with Gasteiger partial charge in [-0.1, -0.05) is 48.6 Å². The zero-order valence-corrected chi connectivity index (χ0v) is 13.8. The fraction of sp³-hybridized carbons (Fsp3) is 0.600. The SMILES string of the molecule is CCOC(C)Oc1ccc(C(CI)C(C)C)cc1. The molecule has 1 aromatic rings. The van der Waals surface area contributed by atoms with Crippen LogP contribution in [0.1, 0.15) is 39.2 Å². The van der Waals surface area contributed by atoms with Crippen molar-refractivity contribution in [1.82, 2.24) is 0 Å². The Morgan fingerprint density at radius 1 is 1.11 bits per heavy atom. The quantitative estimate of drug-likeness (QED) is 0.400. The van der Waals surface area contributed by atoms with Gasteiger partial charge in [-0.05, 0) is 43.4 Å². The number of hydrogen-bond donors (Lipinski definition) is 0. The third-order valence-corrected chi connectivity index (χ3v) is 3.93. The van der Waals surface area contributed by atoms with Crippen LogP contribution >= 0.6 is 22.6 Å². The van der Waals surface area contributed by atoms with Crippen LogP contribution in [0.25, 0.3) is 0 Å². The summed E-state index contributed by atoms with van der Waals surface area (Å²) in [7, 11) is 0. The van der Waals surface area contributed by atoms with Gasteiger partial charge in [-0.2, -0.15) is 0 Å². The number of alkyl halides is 1. The van der Waals surface area contributed by atoms with Gasteiger partial charge in [-0.25, -0.2) is 0 Å². The molecule has 2 unspecified atom stereocenters. The molecule has 0 aliphatic heterocycles. The second kappa shape index (κ2) is 8.00. The summed E-state index contributed by atoms with van der Waals surface area (Å²) >= 11 is 2.46. The molecule has 0 heterocycles. The monoisotopic (exact) mass is 362 g/mol. The third-order valence-electron chi connectivity index (χ3n) is 2.98. The highest BCUT2D eigenvalue weighted by atomic mass is 127. The van der Waals surface area contributed by atoms with E-state index in [1.54, 1.807) is 0 Å². The lowest BCUT2D eigenvalue weighted by Gasteiger charge is -2.19. The second-order valence-corrected chi connectivity index (χ2v) is 5.60. The van der Waals surface area contributed by atoms with E-state index < -0.39 is 0 Å². The molecular weight excluding hydrogens is 339 g/mol. The molecule has 0 aromatic heterocycles. The lowest BCUT2D eigenvalue weighted by molar-refractivity contribution is -0.0613. The zero-order chi connectivity index (χ0) is 13.5. The van der Waals surface area contributed by atoms with Crippen LogP contribution in [0, 0.1) is 5.92 Å². The Kier molecular flexibility index (Phi) is 7.00. The minimum atomic E-state index is -0.189. The number of ether oxygens (including phenoxy) is 2. The van der Waals surface area contributed by atoms with E-state index in [9.17, 15) is 0 Å². The predicted octanol–water partition coefficient (Wildman–Crippen LogP) is 4.62. The maximum atomic E-state index is 5.66. The summed E-state index contributed by atoms with van der Waals surface area (Å²) in [6, 6.07) is 8.40. The molecule has 18 heavy (non-hydrogen) atoms. The summed E-state index contributed by atoms with van der Waals surface area (Å²) in [5.74, 6) is 2.15. The predicted molar refractivity (Wildman–Crippen MR) is 84.6 cm³/mol. The smallest absolute Gasteiger partial charge is 0.196 e. The first-order chi connectivity index (χ1) is 8.58. The van der Waals surface area contributed by atoms with E-state index in [4.69, 9.17) is 9.47 Å². The summed E-state index contributed by atoms with van der Waals surface area (Å²) in [5.41, 5.74) is 1.39. The van der Waals surface area contributed by atoms with E-state index in [-0.39, 0.29) is 6.29 Å². The lowest BCUT2D eigenvalue weighted by Crippen LogP contribution is -2.16. The molecule has 102 valence electrons. The summed E-state index contributed by atoms with van der Waals surface area (Å²) < 4.78 is 12.2. The molecule has 0 saturated carbocycles. The lowest BCUT2D eigenvalue weighted by atomic mass is 9.90. The Hall–Kier alpha value is -0.290. The second-order valence-electron chi connectivity index (χ2n) is 4.71. The van der Waals surface area contributed by atoms with Crippen molar-refractivity contribution in [3.8, 4) is 5.75 Å². The Morgan fingerprint density at radius 3 is 2.17 bits per heavy atom. The molecule has 0 aliphatic rings. The largest absolute Gasteiger partial charge is 0.465 e. The van der Waals surface area contributed by atoms with Gasteiger partial charge in [-0.15, -0.1) is 0 Å². The van der Waals surface area contributed by atoms with Gasteiger partial charge in [0, 0.05) is 11.0 Å². The third kappa shape index (κ3) is 4.76. The first-order valence-electron chi connectivity index (χ1n) is 6.52. The standard InChI is InChI=1S/C15H23IO2/c1-5-17-12(4)18-14-8-6-13(7-9-14)15(10-16)11(2)3/h6-9,11-12,15H,5,10H2,1-4H3. The Bertz CT molecular complexity index is 335. The molecule has 0 radical (unpaired) electrons. The normalized spacial score (nSPS) is 14.6. The van der Waals surface area contributed by atoms with Gasteiger partial charge >= 0.3 is 0 Å². The molecule has 0 amide bonds. The number of hydrogen-bond acceptors (Lipinski definition) is 2. The molecule has 1 rings (SSSR count). The van der Waals surface area contributed by atoms with E-state index in [1.807, 2.05) is 26.0 Å². The number of rotatable bonds is 7. The van der Waals surface area contributed by atoms with Crippen molar-refractivity contribution in [2.45, 2.75) is 39.9 Å². The summed E-state index contributed by atoms with van der Waals surface area (Å²) in [5, 5.41) is 0. The maximum Gasteiger partial charge on any atom is 0.196 e. The molecule has 0 bridgehead atoms. The number of halogens is 1. The first-order valence-corrected chi connectivity index (χ1v) is 8.05. The molecule has 0 saturated heterocycles. The van der Waals surface area contributed by atoms with Crippen molar-refractivity contribution < 1.29 is 9.47 Å². The van der Waals surface area contributed by atoms with Crippen LogP contribution < -0.4 is 4.74 Å². The van der Waals surface area contributed by atoms with Crippen LogP contribution in [0.15, 0.2) is 24.3 Å². The van der Waals surface area contributed by atoms with Crippen LogP contribution in [0.3, 0.4) is 0 Å². The minimum absolute atomic E-state index is 0.189. The van der Waals surface area contributed by atoms with Gasteiger partial charge in [0.15, 0.2) is 6.29 Å². The van der Waals surface area contributed by atoms with Crippen molar-refractivity contribution in [3.05, 3.63) is 29.8 Å². The molecular formula is C15H23IO2. The van der Waals surface area contributed by atoms with E-state index in [0.717, 1.165) is 10.2 Å². The van der Waals surface area contributed by atoms with Crippen molar-refractivity contribution in [3.63, 3.8) is 0 Å². The average molecular weight is 362 g/mol. The number of benzene rings is 1. The average Bonchev–Trinajstić information content (AvgIpc) is 2.32. The van der Waals surface area contributed by atoms with Gasteiger partial charge < -0.3 is 9.47 Å². The molecule has 2 nitrogen and oxygen atoms in total. The van der Waals surface area contributed by atoms with Gasteiger partial charge in [-0.3, -0.25) is 0 Å². The fourth-order valence-electron chi connectivity index (χ4n) is 1.91. The van der Waals surface area contributed by atoms with Crippen LogP contribution in [-0.4, -0.2) is 17.3 Å². The summed E-state index contributed by atoms with van der Waals surface area (Å²) in [6.45, 7) is 9.09. The molecule has 0 fully saturated rings. The molecule has 1 aromatic carbocycles. The zero-order valence-electron chi connectivity index (χ0n) is 11.7. The Labute approximate surface area is 124 Å². The highest BCUT2D eigenvalue weighted by Crippen LogP contribution is 2.28. The van der Waals surface area contributed by atoms with Crippen LogP contribution in [0.2, 0.25) is 0 Å². The highest BCUT2D eigenvalue weighted by molar-refractivity contribution is 14.1. The molecule has 0 N–H and O–H groups in total. The van der Waals surface area contributed by atoms with E-state index in [0.29, 0.717) is 18.4 Å². The van der Waals surface area contributed by atoms with E-state index in [1.165, 1.54) is 5.56 Å². The van der Waals surface area contributed by atoms with Crippen LogP contribution in [0.5, 0.6) is 5.75 Å². The van der Waals surface area contributed by atoms with Gasteiger partial charge in [0.1, 0.15) is 5.75 Å². The summed E-state index contributed by atoms with van der Waals surface area (Å²) in [4.78, 5) is 0. The topological polar surface area (TPSA) is 18.5 Å². The van der Waals surface area contributed by atoms with Crippen LogP contribution in [-0.2, 0) is 4.74 Å². The maximum absolute atomic E-state index is 5.66. The van der Waals surface area contributed by atoms with E-state index in [2.05, 4.69) is 48.6 Å². The van der Waals surface area contributed by atoms with Crippen molar-refractivity contribution >= 4 is 22.6 Å². The fourth-order valence-corrected chi connectivity index (χ4v) is 3.43. The van der Waals surface area contributed by atoms with Gasteiger partial charge in [0.2, 0.25) is 0 Å². The Morgan fingerprint density at radius 2 is 1.72 bits per heavy atom. The molecule has 0 spiro atoms. The van der Waals surface area contributed by atoms with E-state index >= 15 is 0 Å². The van der Waals surface area contributed by atoms with Gasteiger partial charge in [0.25, 0.3) is 0 Å². The molecule has 2 atom stereocenters. The van der Waals surface area contributed by atoms with Crippen molar-refractivity contribution in [2.24, 2.45) is 5.92 Å². The minimum Gasteiger partial charge on any atom is -0.465 e. The van der Waals surface area contributed by atoms with Crippen molar-refractivity contribution in [2.75, 3.05) is 11.0 Å². The first kappa shape index (κ1) is 15.8.